The highest BCUT2D eigenvalue weighted by molar-refractivity contribution is 7.89. The van der Waals surface area contributed by atoms with Crippen molar-refractivity contribution >= 4 is 21.6 Å². The largest absolute Gasteiger partial charge is 0.306 e. The van der Waals surface area contributed by atoms with Gasteiger partial charge in [-0.3, -0.25) is 0 Å². The van der Waals surface area contributed by atoms with Gasteiger partial charge < -0.3 is 4.90 Å². The molecule has 0 unspecified atom stereocenters. The summed E-state index contributed by atoms with van der Waals surface area (Å²) in [4.78, 5) is 6.47. The first-order valence-electron chi connectivity index (χ1n) is 7.65. The molecule has 2 rings (SSSR count). The van der Waals surface area contributed by atoms with E-state index < -0.39 is 10.0 Å². The Labute approximate surface area is 138 Å². The van der Waals surface area contributed by atoms with Crippen molar-refractivity contribution in [1.82, 2.24) is 14.2 Å². The maximum absolute atomic E-state index is 12.7. The molecular formula is C15H24ClN3O2S. The molecular weight excluding hydrogens is 322 g/mol. The fraction of sp³-hybridized carbons (Fsp3) is 0.667. The smallest absolute Gasteiger partial charge is 0.244 e. The molecule has 7 heteroatoms. The van der Waals surface area contributed by atoms with Crippen molar-refractivity contribution in [2.75, 3.05) is 33.2 Å². The van der Waals surface area contributed by atoms with E-state index in [0.29, 0.717) is 29.7 Å². The normalized spacial score (nSPS) is 20.0. The van der Waals surface area contributed by atoms with Crippen LogP contribution in [0.4, 0.5) is 0 Å². The molecule has 0 amide bonds. The van der Waals surface area contributed by atoms with Gasteiger partial charge in [-0.05, 0) is 50.9 Å². The van der Waals surface area contributed by atoms with Gasteiger partial charge in [0.05, 0.1) is 0 Å². The predicted octanol–water partition coefficient (Wildman–Crippen LogP) is 2.40. The summed E-state index contributed by atoms with van der Waals surface area (Å²) in [5, 5.41) is 0.347. The van der Waals surface area contributed by atoms with Crippen LogP contribution in [0, 0.1) is 12.8 Å². The number of hydrogen-bond acceptors (Lipinski definition) is 4. The number of pyridine rings is 1. The number of hydrogen-bond donors (Lipinski definition) is 0. The van der Waals surface area contributed by atoms with Crippen molar-refractivity contribution < 1.29 is 8.42 Å². The lowest BCUT2D eigenvalue weighted by molar-refractivity contribution is 0.281. The van der Waals surface area contributed by atoms with Crippen LogP contribution in [0.3, 0.4) is 0 Å². The lowest BCUT2D eigenvalue weighted by atomic mass is 10.1. The Morgan fingerprint density at radius 2 is 2.23 bits per heavy atom. The van der Waals surface area contributed by atoms with E-state index in [9.17, 15) is 8.42 Å². The van der Waals surface area contributed by atoms with E-state index in [-0.39, 0.29) is 4.90 Å². The second-order valence-corrected chi connectivity index (χ2v) is 8.35. The summed E-state index contributed by atoms with van der Waals surface area (Å²) in [5.41, 5.74) is 0.682. The van der Waals surface area contributed by atoms with Crippen molar-refractivity contribution in [1.29, 1.82) is 0 Å². The van der Waals surface area contributed by atoms with Crippen molar-refractivity contribution in [3.05, 3.63) is 23.0 Å². The molecule has 1 fully saturated rings. The van der Waals surface area contributed by atoms with Crippen LogP contribution in [0.5, 0.6) is 0 Å². The topological polar surface area (TPSA) is 53.5 Å². The molecule has 0 saturated carbocycles. The van der Waals surface area contributed by atoms with Crippen LogP contribution in [-0.4, -0.2) is 55.8 Å². The minimum absolute atomic E-state index is 0.233. The highest BCUT2D eigenvalue weighted by Crippen LogP contribution is 2.26. The fourth-order valence-electron chi connectivity index (χ4n) is 2.90. The monoisotopic (exact) mass is 345 g/mol. The zero-order valence-corrected chi connectivity index (χ0v) is 15.0. The highest BCUT2D eigenvalue weighted by Gasteiger charge is 2.33. The molecule has 0 spiro atoms. The number of halogens is 1. The van der Waals surface area contributed by atoms with Crippen LogP contribution in [0.1, 0.15) is 25.3 Å². The molecule has 1 atom stereocenters. The van der Waals surface area contributed by atoms with Gasteiger partial charge in [0.2, 0.25) is 10.0 Å². The van der Waals surface area contributed by atoms with Gasteiger partial charge in [-0.25, -0.2) is 13.4 Å². The molecule has 1 saturated heterocycles. The van der Waals surface area contributed by atoms with Crippen molar-refractivity contribution in [3.8, 4) is 0 Å². The number of sulfonamides is 1. The van der Waals surface area contributed by atoms with Gasteiger partial charge in [0.15, 0.2) is 0 Å². The second kappa shape index (κ2) is 7.25. The summed E-state index contributed by atoms with van der Waals surface area (Å²) in [6, 6.07) is 1.60. The third kappa shape index (κ3) is 3.98. The molecule has 124 valence electrons. The van der Waals surface area contributed by atoms with E-state index in [1.54, 1.807) is 17.3 Å². The van der Waals surface area contributed by atoms with E-state index in [1.807, 2.05) is 0 Å². The standard InChI is InChI=1S/C15H24ClN3O2S/c1-4-6-18(3)10-13-5-7-19(11-13)22(20,21)14-8-12(2)15(16)17-9-14/h8-9,13H,4-7,10-11H2,1-3H3/t13-/m0/s1. The molecule has 1 aromatic heterocycles. The van der Waals surface area contributed by atoms with Gasteiger partial charge in [0, 0.05) is 25.8 Å². The number of nitrogens with zero attached hydrogens (tertiary/aromatic N) is 3. The first-order chi connectivity index (χ1) is 10.3. The molecule has 5 nitrogen and oxygen atoms in total. The summed E-state index contributed by atoms with van der Waals surface area (Å²) >= 11 is 5.88. The molecule has 0 N–H and O–H groups in total. The van der Waals surface area contributed by atoms with Crippen LogP contribution in [0.2, 0.25) is 5.15 Å². The summed E-state index contributed by atoms with van der Waals surface area (Å²) in [5.74, 6) is 0.396. The molecule has 0 aromatic carbocycles. The molecule has 1 aliphatic rings. The Morgan fingerprint density at radius 3 is 2.86 bits per heavy atom. The van der Waals surface area contributed by atoms with Crippen LogP contribution in [0.15, 0.2) is 17.2 Å². The zero-order chi connectivity index (χ0) is 16.3. The average Bonchev–Trinajstić information content (AvgIpc) is 2.91. The average molecular weight is 346 g/mol. The van der Waals surface area contributed by atoms with Gasteiger partial charge in [0.25, 0.3) is 0 Å². The minimum atomic E-state index is -3.47. The Morgan fingerprint density at radius 1 is 1.50 bits per heavy atom. The fourth-order valence-corrected chi connectivity index (χ4v) is 4.57. The van der Waals surface area contributed by atoms with Gasteiger partial charge >= 0.3 is 0 Å². The van der Waals surface area contributed by atoms with Crippen LogP contribution in [-0.2, 0) is 10.0 Å². The van der Waals surface area contributed by atoms with Crippen LogP contribution >= 0.6 is 11.6 Å². The van der Waals surface area contributed by atoms with E-state index in [1.165, 1.54) is 6.20 Å². The van der Waals surface area contributed by atoms with E-state index in [4.69, 9.17) is 11.6 Å². The maximum Gasteiger partial charge on any atom is 0.244 e. The maximum atomic E-state index is 12.7. The van der Waals surface area contributed by atoms with Crippen LogP contribution < -0.4 is 0 Å². The number of aryl methyl sites for hydroxylation is 1. The van der Waals surface area contributed by atoms with E-state index >= 15 is 0 Å². The van der Waals surface area contributed by atoms with Gasteiger partial charge in [-0.15, -0.1) is 0 Å². The molecule has 1 aliphatic heterocycles. The minimum Gasteiger partial charge on any atom is -0.306 e. The van der Waals surface area contributed by atoms with Crippen molar-refractivity contribution in [2.45, 2.75) is 31.6 Å². The van der Waals surface area contributed by atoms with Crippen molar-refractivity contribution in [3.63, 3.8) is 0 Å². The molecule has 1 aromatic rings. The molecule has 0 bridgehead atoms. The number of aromatic nitrogens is 1. The summed E-state index contributed by atoms with van der Waals surface area (Å²) in [6.07, 6.45) is 3.37. The quantitative estimate of drug-likeness (QED) is 0.743. The first kappa shape index (κ1) is 17.7. The Hall–Kier alpha value is -0.690. The molecule has 0 aliphatic carbocycles. The lowest BCUT2D eigenvalue weighted by Gasteiger charge is -2.21. The first-order valence-corrected chi connectivity index (χ1v) is 9.47. The van der Waals surface area contributed by atoms with E-state index in [2.05, 4.69) is 23.9 Å². The molecule has 22 heavy (non-hydrogen) atoms. The number of rotatable bonds is 6. The predicted molar refractivity (Wildman–Crippen MR) is 88.6 cm³/mol. The Bertz CT molecular complexity index is 621. The SMILES string of the molecule is CCCN(C)C[C@@H]1CCN(S(=O)(=O)c2cnc(Cl)c(C)c2)C1. The Kier molecular flexibility index (Phi) is 5.82. The lowest BCUT2D eigenvalue weighted by Crippen LogP contribution is -2.32. The summed E-state index contributed by atoms with van der Waals surface area (Å²) < 4.78 is 26.9. The second-order valence-electron chi connectivity index (χ2n) is 6.06. The summed E-state index contributed by atoms with van der Waals surface area (Å²) in [7, 11) is -1.37. The third-order valence-corrected chi connectivity index (χ3v) is 6.28. The Balaban J connectivity index is 2.06. The third-order valence-electron chi connectivity index (χ3n) is 4.05. The highest BCUT2D eigenvalue weighted by atomic mass is 35.5. The summed E-state index contributed by atoms with van der Waals surface area (Å²) in [6.45, 7) is 7.06. The van der Waals surface area contributed by atoms with Crippen LogP contribution in [0.25, 0.3) is 0 Å². The molecule has 0 radical (unpaired) electrons. The van der Waals surface area contributed by atoms with Gasteiger partial charge in [-0.2, -0.15) is 4.31 Å². The van der Waals surface area contributed by atoms with Gasteiger partial charge in [-0.1, -0.05) is 18.5 Å². The van der Waals surface area contributed by atoms with Gasteiger partial charge in [0.1, 0.15) is 10.0 Å². The zero-order valence-electron chi connectivity index (χ0n) is 13.4. The van der Waals surface area contributed by atoms with E-state index in [0.717, 1.165) is 25.9 Å². The molecule has 2 heterocycles. The van der Waals surface area contributed by atoms with Crippen molar-refractivity contribution in [2.24, 2.45) is 5.92 Å².